The van der Waals surface area contributed by atoms with Crippen LogP contribution in [0.1, 0.15) is 11.3 Å². The quantitative estimate of drug-likeness (QED) is 0.772. The van der Waals surface area contributed by atoms with Crippen LogP contribution in [0.25, 0.3) is 10.6 Å². The van der Waals surface area contributed by atoms with Crippen LogP contribution < -0.4 is 0 Å². The maximum Gasteiger partial charge on any atom is 0.123 e. The zero-order valence-electron chi connectivity index (χ0n) is 10.1. The Morgan fingerprint density at radius 2 is 1.88 bits per heavy atom. The molecule has 0 N–H and O–H groups in total. The molecular formula is C13H14N2S2. The smallest absolute Gasteiger partial charge is 0.123 e. The maximum atomic E-state index is 5.32. The Morgan fingerprint density at radius 1 is 1.24 bits per heavy atom. The summed E-state index contributed by atoms with van der Waals surface area (Å²) in [4.78, 5) is 7.26. The molecule has 2 rings (SSSR count). The number of hydrogen-bond acceptors (Lipinski definition) is 3. The zero-order chi connectivity index (χ0) is 12.4. The van der Waals surface area contributed by atoms with Crippen LogP contribution in [-0.2, 0) is 0 Å². The van der Waals surface area contributed by atoms with Gasteiger partial charge in [0.2, 0.25) is 0 Å². The van der Waals surface area contributed by atoms with Gasteiger partial charge in [-0.1, -0.05) is 36.5 Å². The standard InChI is InChI=1S/C13H14N2S2/c1-9-8-17-12(14-9)10-4-6-11(7-5-10)13(16)15(2)3/h4-8H,1-3H3. The summed E-state index contributed by atoms with van der Waals surface area (Å²) in [6.07, 6.45) is 0. The number of hydrogen-bond donors (Lipinski definition) is 0. The van der Waals surface area contributed by atoms with Crippen molar-refractivity contribution in [2.45, 2.75) is 6.92 Å². The van der Waals surface area contributed by atoms with E-state index in [1.54, 1.807) is 11.3 Å². The van der Waals surface area contributed by atoms with Gasteiger partial charge >= 0.3 is 0 Å². The maximum absolute atomic E-state index is 5.32. The van der Waals surface area contributed by atoms with E-state index in [1.165, 1.54) is 0 Å². The Morgan fingerprint density at radius 3 is 2.35 bits per heavy atom. The third-order valence-corrected chi connectivity index (χ3v) is 4.01. The first kappa shape index (κ1) is 12.2. The first-order chi connectivity index (χ1) is 8.08. The number of nitrogens with zero attached hydrogens (tertiary/aromatic N) is 2. The average molecular weight is 262 g/mol. The van der Waals surface area contributed by atoms with Crippen molar-refractivity contribution in [1.82, 2.24) is 9.88 Å². The molecule has 0 radical (unpaired) electrons. The van der Waals surface area contributed by atoms with Crippen LogP contribution in [0.15, 0.2) is 29.6 Å². The molecule has 0 unspecified atom stereocenters. The molecular weight excluding hydrogens is 248 g/mol. The topological polar surface area (TPSA) is 16.1 Å². The van der Waals surface area contributed by atoms with Crippen molar-refractivity contribution >= 4 is 28.5 Å². The van der Waals surface area contributed by atoms with Crippen molar-refractivity contribution in [2.75, 3.05) is 14.1 Å². The van der Waals surface area contributed by atoms with Crippen LogP contribution in [0.4, 0.5) is 0 Å². The van der Waals surface area contributed by atoms with Crippen molar-refractivity contribution in [1.29, 1.82) is 0 Å². The number of aromatic nitrogens is 1. The van der Waals surface area contributed by atoms with E-state index in [2.05, 4.69) is 34.6 Å². The molecule has 0 atom stereocenters. The van der Waals surface area contributed by atoms with E-state index >= 15 is 0 Å². The van der Waals surface area contributed by atoms with Crippen molar-refractivity contribution in [3.63, 3.8) is 0 Å². The lowest BCUT2D eigenvalue weighted by molar-refractivity contribution is 0.636. The lowest BCUT2D eigenvalue weighted by Crippen LogP contribution is -2.20. The lowest BCUT2D eigenvalue weighted by atomic mass is 10.1. The molecule has 88 valence electrons. The third-order valence-electron chi connectivity index (χ3n) is 2.40. The van der Waals surface area contributed by atoms with E-state index in [0.29, 0.717) is 0 Å². The van der Waals surface area contributed by atoms with Gasteiger partial charge in [0.15, 0.2) is 0 Å². The molecule has 4 heteroatoms. The molecule has 0 aliphatic heterocycles. The number of thiazole rings is 1. The van der Waals surface area contributed by atoms with E-state index < -0.39 is 0 Å². The SMILES string of the molecule is Cc1csc(-c2ccc(C(=S)N(C)C)cc2)n1. The Hall–Kier alpha value is -1.26. The van der Waals surface area contributed by atoms with Crippen molar-refractivity contribution in [3.8, 4) is 10.6 Å². The van der Waals surface area contributed by atoms with Crippen LogP contribution >= 0.6 is 23.6 Å². The average Bonchev–Trinajstić information content (AvgIpc) is 2.75. The molecule has 0 bridgehead atoms. The molecule has 1 aromatic heterocycles. The van der Waals surface area contributed by atoms with Gasteiger partial charge in [0, 0.05) is 36.3 Å². The largest absolute Gasteiger partial charge is 0.368 e. The molecule has 1 heterocycles. The normalized spacial score (nSPS) is 10.3. The molecule has 0 saturated carbocycles. The van der Waals surface area contributed by atoms with Gasteiger partial charge in [-0.15, -0.1) is 11.3 Å². The molecule has 2 aromatic rings. The van der Waals surface area contributed by atoms with Gasteiger partial charge in [0.25, 0.3) is 0 Å². The van der Waals surface area contributed by atoms with Crippen molar-refractivity contribution < 1.29 is 0 Å². The summed E-state index contributed by atoms with van der Waals surface area (Å²) < 4.78 is 0. The van der Waals surface area contributed by atoms with E-state index in [9.17, 15) is 0 Å². The van der Waals surface area contributed by atoms with Crippen LogP contribution in [-0.4, -0.2) is 29.0 Å². The molecule has 1 aromatic carbocycles. The monoisotopic (exact) mass is 262 g/mol. The summed E-state index contributed by atoms with van der Waals surface area (Å²) in [5.41, 5.74) is 3.29. The third kappa shape index (κ3) is 2.70. The number of rotatable bonds is 2. The molecule has 0 amide bonds. The zero-order valence-corrected chi connectivity index (χ0v) is 11.7. The van der Waals surface area contributed by atoms with Gasteiger partial charge < -0.3 is 4.90 Å². The second kappa shape index (κ2) is 4.94. The predicted octanol–water partition coefficient (Wildman–Crippen LogP) is 3.36. The Balaban J connectivity index is 2.27. The molecule has 17 heavy (non-hydrogen) atoms. The fourth-order valence-corrected chi connectivity index (χ4v) is 2.44. The van der Waals surface area contributed by atoms with Gasteiger partial charge in [0.05, 0.1) is 0 Å². The van der Waals surface area contributed by atoms with Gasteiger partial charge in [-0.3, -0.25) is 0 Å². The van der Waals surface area contributed by atoms with Crippen LogP contribution in [0.5, 0.6) is 0 Å². The number of aryl methyl sites for hydroxylation is 1. The minimum Gasteiger partial charge on any atom is -0.368 e. The summed E-state index contributed by atoms with van der Waals surface area (Å²) in [5.74, 6) is 0. The summed E-state index contributed by atoms with van der Waals surface area (Å²) in [6.45, 7) is 2.01. The molecule has 0 spiro atoms. The lowest BCUT2D eigenvalue weighted by Gasteiger charge is -2.13. The molecule has 2 nitrogen and oxygen atoms in total. The van der Waals surface area contributed by atoms with Gasteiger partial charge in [-0.25, -0.2) is 4.98 Å². The minimum absolute atomic E-state index is 0.854. The summed E-state index contributed by atoms with van der Waals surface area (Å²) in [5, 5.41) is 3.12. The first-order valence-electron chi connectivity index (χ1n) is 5.32. The summed E-state index contributed by atoms with van der Waals surface area (Å²) in [7, 11) is 3.92. The summed E-state index contributed by atoms with van der Waals surface area (Å²) >= 11 is 6.99. The Bertz CT molecular complexity index is 527. The fraction of sp³-hybridized carbons (Fsp3) is 0.231. The summed E-state index contributed by atoms with van der Waals surface area (Å²) in [6, 6.07) is 8.25. The Labute approximate surface area is 111 Å². The second-order valence-electron chi connectivity index (χ2n) is 4.07. The molecule has 0 fully saturated rings. The highest BCUT2D eigenvalue weighted by Gasteiger charge is 2.05. The van der Waals surface area contributed by atoms with Crippen molar-refractivity contribution in [2.24, 2.45) is 0 Å². The molecule has 0 aliphatic carbocycles. The minimum atomic E-state index is 0.854. The van der Waals surface area contributed by atoms with E-state index in [4.69, 9.17) is 12.2 Å². The van der Waals surface area contributed by atoms with E-state index in [0.717, 1.165) is 26.8 Å². The second-order valence-corrected chi connectivity index (χ2v) is 5.32. The van der Waals surface area contributed by atoms with Crippen LogP contribution in [0.2, 0.25) is 0 Å². The predicted molar refractivity (Wildman–Crippen MR) is 77.7 cm³/mol. The fourth-order valence-electron chi connectivity index (χ4n) is 1.50. The van der Waals surface area contributed by atoms with Gasteiger partial charge in [-0.2, -0.15) is 0 Å². The van der Waals surface area contributed by atoms with E-state index in [-0.39, 0.29) is 0 Å². The Kier molecular flexibility index (Phi) is 3.54. The highest BCUT2D eigenvalue weighted by atomic mass is 32.1. The first-order valence-corrected chi connectivity index (χ1v) is 6.61. The molecule has 0 aliphatic rings. The number of thiocarbonyl (C=S) groups is 1. The van der Waals surface area contributed by atoms with Crippen LogP contribution in [0, 0.1) is 6.92 Å². The highest BCUT2D eigenvalue weighted by Crippen LogP contribution is 2.23. The van der Waals surface area contributed by atoms with Crippen LogP contribution in [0.3, 0.4) is 0 Å². The van der Waals surface area contributed by atoms with Crippen molar-refractivity contribution in [3.05, 3.63) is 40.9 Å². The molecule has 0 saturated heterocycles. The number of benzene rings is 1. The highest BCUT2D eigenvalue weighted by molar-refractivity contribution is 7.80. The van der Waals surface area contributed by atoms with Gasteiger partial charge in [0.1, 0.15) is 10.00 Å². The van der Waals surface area contributed by atoms with E-state index in [1.807, 2.05) is 25.9 Å². The van der Waals surface area contributed by atoms with Gasteiger partial charge in [-0.05, 0) is 6.92 Å².